The molecule has 8 heteroatoms. The van der Waals surface area contributed by atoms with Crippen molar-refractivity contribution in [2.75, 3.05) is 24.5 Å². The number of rotatable bonds is 7. The first-order valence-electron chi connectivity index (χ1n) is 10.3. The highest BCUT2D eigenvalue weighted by Crippen LogP contribution is 2.37. The van der Waals surface area contributed by atoms with Crippen molar-refractivity contribution in [3.63, 3.8) is 0 Å². The molecule has 0 aliphatic carbocycles. The van der Waals surface area contributed by atoms with Crippen LogP contribution in [0, 0.1) is 0 Å². The summed E-state index contributed by atoms with van der Waals surface area (Å²) in [5.41, 5.74) is 1.02. The van der Waals surface area contributed by atoms with Gasteiger partial charge in [0.1, 0.15) is 0 Å². The summed E-state index contributed by atoms with van der Waals surface area (Å²) in [7, 11) is 0. The number of anilines is 1. The van der Waals surface area contributed by atoms with Crippen LogP contribution in [0.3, 0.4) is 0 Å². The van der Waals surface area contributed by atoms with Crippen LogP contribution >= 0.6 is 23.1 Å². The van der Waals surface area contributed by atoms with Crippen LogP contribution in [0.2, 0.25) is 0 Å². The molecule has 0 fully saturated rings. The van der Waals surface area contributed by atoms with Crippen molar-refractivity contribution >= 4 is 34.7 Å². The Labute approximate surface area is 185 Å². The molecule has 0 radical (unpaired) electrons. The van der Waals surface area contributed by atoms with Gasteiger partial charge in [0.15, 0.2) is 0 Å². The molecule has 4 rings (SSSR count). The molecule has 0 N–H and O–H groups in total. The minimum absolute atomic E-state index is 0.114. The normalized spacial score (nSPS) is 16.5. The van der Waals surface area contributed by atoms with Gasteiger partial charge in [-0.1, -0.05) is 32.0 Å². The number of para-hydroxylation sites is 1. The predicted molar refractivity (Wildman–Crippen MR) is 122 cm³/mol. The van der Waals surface area contributed by atoms with Crippen molar-refractivity contribution in [1.82, 2.24) is 15.1 Å². The number of thiophene rings is 1. The maximum atomic E-state index is 13.3. The van der Waals surface area contributed by atoms with E-state index >= 15 is 0 Å². The largest absolute Gasteiger partial charge is 0.419 e. The van der Waals surface area contributed by atoms with E-state index in [9.17, 15) is 4.79 Å². The van der Waals surface area contributed by atoms with Crippen LogP contribution in [0.4, 0.5) is 5.69 Å². The molecular weight excluding hydrogens is 416 g/mol. The van der Waals surface area contributed by atoms with E-state index in [4.69, 9.17) is 4.42 Å². The molecule has 0 saturated carbocycles. The van der Waals surface area contributed by atoms with Gasteiger partial charge < -0.3 is 9.32 Å². The van der Waals surface area contributed by atoms with Gasteiger partial charge in [-0.2, -0.15) is 0 Å². The lowest BCUT2D eigenvalue weighted by Crippen LogP contribution is -2.41. The van der Waals surface area contributed by atoms with Crippen molar-refractivity contribution in [2.24, 2.45) is 0 Å². The van der Waals surface area contributed by atoms with Crippen LogP contribution in [-0.2, 0) is 11.3 Å². The lowest BCUT2D eigenvalue weighted by Gasteiger charge is -2.26. The molecule has 1 aliphatic heterocycles. The zero-order valence-electron chi connectivity index (χ0n) is 17.3. The maximum absolute atomic E-state index is 13.3. The summed E-state index contributed by atoms with van der Waals surface area (Å²) >= 11 is 3.42. The van der Waals surface area contributed by atoms with E-state index in [-0.39, 0.29) is 5.91 Å². The monoisotopic (exact) mass is 442 g/mol. The zero-order valence-corrected chi connectivity index (χ0v) is 18.9. The molecule has 1 aliphatic rings. The molecular formula is C22H26N4O2S2. The van der Waals surface area contributed by atoms with Crippen molar-refractivity contribution in [2.45, 2.75) is 43.4 Å². The quantitative estimate of drug-likeness (QED) is 0.517. The summed E-state index contributed by atoms with van der Waals surface area (Å²) in [5, 5.41) is 10.8. The van der Waals surface area contributed by atoms with Gasteiger partial charge in [0, 0.05) is 16.7 Å². The van der Waals surface area contributed by atoms with Gasteiger partial charge in [-0.15, -0.1) is 33.3 Å². The Hall–Kier alpha value is -2.16. The molecule has 1 amide bonds. The molecule has 0 unspecified atom stereocenters. The number of nitrogens with zero attached hydrogens (tertiary/aromatic N) is 4. The highest BCUT2D eigenvalue weighted by molar-refractivity contribution is 8.00. The lowest BCUT2D eigenvalue weighted by atomic mass is 10.2. The van der Waals surface area contributed by atoms with Gasteiger partial charge in [0.25, 0.3) is 5.89 Å². The minimum Gasteiger partial charge on any atom is -0.419 e. The standard InChI is InChI=1S/C22H26N4O2S2/c1-3-11-25(14-20-23-24-22(28-20)19-9-6-13-29-19)15-21(27)26-12-10-16(2)30-18-8-5-4-7-17(18)26/h4-9,13,16H,3,10-12,14-15H2,1-2H3/t16-/m0/s1. The fraction of sp³-hybridized carbons (Fsp3) is 0.409. The second-order valence-electron chi connectivity index (χ2n) is 7.42. The number of amides is 1. The minimum atomic E-state index is 0.114. The third-order valence-corrected chi connectivity index (χ3v) is 7.10. The molecule has 2 aromatic heterocycles. The highest BCUT2D eigenvalue weighted by Gasteiger charge is 2.26. The van der Waals surface area contributed by atoms with Crippen LogP contribution in [-0.4, -0.2) is 45.9 Å². The first-order chi connectivity index (χ1) is 14.6. The molecule has 3 aromatic rings. The average Bonchev–Trinajstić information content (AvgIpc) is 3.38. The number of hydrogen-bond acceptors (Lipinski definition) is 7. The van der Waals surface area contributed by atoms with Gasteiger partial charge >= 0.3 is 0 Å². The van der Waals surface area contributed by atoms with E-state index in [0.717, 1.165) is 36.5 Å². The Balaban J connectivity index is 1.47. The van der Waals surface area contributed by atoms with Crippen LogP contribution in [0.25, 0.3) is 10.8 Å². The third kappa shape index (κ3) is 4.94. The fourth-order valence-electron chi connectivity index (χ4n) is 3.56. The van der Waals surface area contributed by atoms with Gasteiger partial charge in [0.2, 0.25) is 11.8 Å². The molecule has 158 valence electrons. The zero-order chi connectivity index (χ0) is 20.9. The Bertz CT molecular complexity index is 973. The smallest absolute Gasteiger partial charge is 0.257 e. The SMILES string of the molecule is CCCN(CC(=O)N1CC[C@H](C)Sc2ccccc21)Cc1nnc(-c2cccs2)o1. The number of aromatic nitrogens is 2. The van der Waals surface area contributed by atoms with Gasteiger partial charge in [-0.25, -0.2) is 0 Å². The molecule has 6 nitrogen and oxygen atoms in total. The Morgan fingerprint density at radius 3 is 2.93 bits per heavy atom. The second-order valence-corrected chi connectivity index (χ2v) is 9.85. The summed E-state index contributed by atoms with van der Waals surface area (Å²) < 4.78 is 5.84. The van der Waals surface area contributed by atoms with E-state index in [1.807, 2.05) is 52.4 Å². The number of benzene rings is 1. The Morgan fingerprint density at radius 1 is 1.27 bits per heavy atom. The van der Waals surface area contributed by atoms with Crippen LogP contribution < -0.4 is 4.90 Å². The predicted octanol–water partition coefficient (Wildman–Crippen LogP) is 4.93. The van der Waals surface area contributed by atoms with Crippen molar-refractivity contribution in [3.05, 3.63) is 47.7 Å². The summed E-state index contributed by atoms with van der Waals surface area (Å²) in [6, 6.07) is 12.1. The molecule has 0 saturated heterocycles. The highest BCUT2D eigenvalue weighted by atomic mass is 32.2. The molecule has 3 heterocycles. The van der Waals surface area contributed by atoms with E-state index in [2.05, 4.69) is 35.0 Å². The number of fused-ring (bicyclic) bond motifs is 1. The number of thioether (sulfide) groups is 1. The molecule has 0 bridgehead atoms. The number of carbonyl (C=O) groups excluding carboxylic acids is 1. The van der Waals surface area contributed by atoms with Crippen LogP contribution in [0.15, 0.2) is 51.1 Å². The van der Waals surface area contributed by atoms with Gasteiger partial charge in [-0.05, 0) is 43.0 Å². The van der Waals surface area contributed by atoms with Crippen molar-refractivity contribution in [3.8, 4) is 10.8 Å². The Kier molecular flexibility index (Phi) is 6.86. The van der Waals surface area contributed by atoms with E-state index in [1.54, 1.807) is 11.3 Å². The summed E-state index contributed by atoms with van der Waals surface area (Å²) in [6.45, 7) is 6.67. The fourth-order valence-corrected chi connectivity index (χ4v) is 5.32. The first kappa shape index (κ1) is 21.1. The van der Waals surface area contributed by atoms with Crippen LogP contribution in [0.1, 0.15) is 32.6 Å². The number of carbonyl (C=O) groups is 1. The molecule has 1 atom stereocenters. The van der Waals surface area contributed by atoms with Gasteiger partial charge in [-0.3, -0.25) is 9.69 Å². The molecule has 1 aromatic carbocycles. The third-order valence-electron chi connectivity index (χ3n) is 5.00. The Morgan fingerprint density at radius 2 is 2.13 bits per heavy atom. The molecule has 30 heavy (non-hydrogen) atoms. The van der Waals surface area contributed by atoms with E-state index in [0.29, 0.717) is 30.1 Å². The second kappa shape index (κ2) is 9.76. The lowest BCUT2D eigenvalue weighted by molar-refractivity contribution is -0.120. The van der Waals surface area contributed by atoms with Crippen molar-refractivity contribution < 1.29 is 9.21 Å². The summed E-state index contributed by atoms with van der Waals surface area (Å²) in [5.74, 6) is 1.19. The topological polar surface area (TPSA) is 62.5 Å². The van der Waals surface area contributed by atoms with Crippen molar-refractivity contribution in [1.29, 1.82) is 0 Å². The number of hydrogen-bond donors (Lipinski definition) is 0. The molecule has 0 spiro atoms. The van der Waals surface area contributed by atoms with Crippen LogP contribution in [0.5, 0.6) is 0 Å². The van der Waals surface area contributed by atoms with E-state index in [1.165, 1.54) is 4.90 Å². The van der Waals surface area contributed by atoms with E-state index < -0.39 is 0 Å². The summed E-state index contributed by atoms with van der Waals surface area (Å²) in [6.07, 6.45) is 1.93. The first-order valence-corrected chi connectivity index (χ1v) is 12.0. The summed E-state index contributed by atoms with van der Waals surface area (Å²) in [4.78, 5) is 19.5. The maximum Gasteiger partial charge on any atom is 0.257 e. The average molecular weight is 443 g/mol. The van der Waals surface area contributed by atoms with Gasteiger partial charge in [0.05, 0.1) is 23.7 Å².